The molecule has 2 rings (SSSR count). The number of aromatic nitrogens is 1. The fourth-order valence-corrected chi connectivity index (χ4v) is 3.34. The van der Waals surface area contributed by atoms with Gasteiger partial charge in [0, 0.05) is 22.0 Å². The van der Waals surface area contributed by atoms with Gasteiger partial charge in [0.15, 0.2) is 0 Å². The number of benzene rings is 1. The molecule has 0 aliphatic rings. The van der Waals surface area contributed by atoms with E-state index >= 15 is 0 Å². The van der Waals surface area contributed by atoms with Gasteiger partial charge in [0.05, 0.1) is 11.3 Å². The van der Waals surface area contributed by atoms with Gasteiger partial charge in [0.1, 0.15) is 10.8 Å². The molecule has 0 radical (unpaired) electrons. The summed E-state index contributed by atoms with van der Waals surface area (Å²) in [5.74, 6) is 0. The topological polar surface area (TPSA) is 48.0 Å². The highest BCUT2D eigenvalue weighted by atomic mass is 79.9. The van der Waals surface area contributed by atoms with E-state index in [1.807, 2.05) is 20.8 Å². The fourth-order valence-electron chi connectivity index (χ4n) is 2.04. The van der Waals surface area contributed by atoms with Crippen LogP contribution in [0.25, 0.3) is 0 Å². The second kappa shape index (κ2) is 7.65. The highest BCUT2D eigenvalue weighted by Gasteiger charge is 2.33. The van der Waals surface area contributed by atoms with Crippen molar-refractivity contribution in [2.45, 2.75) is 37.7 Å². The molecule has 1 N–H and O–H groups in total. The summed E-state index contributed by atoms with van der Waals surface area (Å²) >= 11 is 1.97. The summed E-state index contributed by atoms with van der Waals surface area (Å²) in [7, 11) is 0. The largest absolute Gasteiger partial charge is 0.598 e. The van der Waals surface area contributed by atoms with Gasteiger partial charge in [-0.2, -0.15) is 13.2 Å². The first-order valence-corrected chi connectivity index (χ1v) is 9.40. The van der Waals surface area contributed by atoms with E-state index in [0.717, 1.165) is 12.1 Å². The van der Waals surface area contributed by atoms with Gasteiger partial charge in [-0.1, -0.05) is 12.1 Å². The Bertz CT molecular complexity index is 717. The number of alkyl halides is 3. The number of pyridine rings is 1. The fraction of sp³-hybridized carbons (Fsp3) is 0.353. The summed E-state index contributed by atoms with van der Waals surface area (Å²) in [6, 6.07) is 7.68. The minimum Gasteiger partial charge on any atom is -0.598 e. The Labute approximate surface area is 156 Å². The Balaban J connectivity index is 2.43. The lowest BCUT2D eigenvalue weighted by atomic mass is 10.0. The van der Waals surface area contributed by atoms with Crippen LogP contribution in [-0.2, 0) is 17.5 Å². The predicted octanol–water partition coefficient (Wildman–Crippen LogP) is 5.00. The molecule has 3 nitrogen and oxygen atoms in total. The van der Waals surface area contributed by atoms with Crippen LogP contribution in [0.4, 0.5) is 13.2 Å². The lowest BCUT2D eigenvalue weighted by molar-refractivity contribution is -0.137. The molecule has 0 spiro atoms. The summed E-state index contributed by atoms with van der Waals surface area (Å²) in [4.78, 5) is 4.30. The van der Waals surface area contributed by atoms with Crippen molar-refractivity contribution >= 4 is 27.3 Å². The second-order valence-electron chi connectivity index (χ2n) is 6.42. The van der Waals surface area contributed by atoms with Gasteiger partial charge >= 0.3 is 6.18 Å². The molecule has 1 heterocycles. The normalized spacial score (nSPS) is 15.0. The molecule has 0 saturated carbocycles. The van der Waals surface area contributed by atoms with E-state index in [-0.39, 0.29) is 0 Å². The molecule has 0 aliphatic heterocycles. The highest BCUT2D eigenvalue weighted by Crippen LogP contribution is 2.33. The monoisotopic (exact) mass is 434 g/mol. The zero-order chi connectivity index (χ0) is 18.8. The van der Waals surface area contributed by atoms with Gasteiger partial charge < -0.3 is 4.55 Å². The van der Waals surface area contributed by atoms with Gasteiger partial charge in [-0.3, -0.25) is 4.98 Å². The first kappa shape index (κ1) is 20.2. The molecule has 136 valence electrons. The third-order valence-electron chi connectivity index (χ3n) is 3.41. The number of rotatable bonds is 4. The molecule has 0 saturated heterocycles. The summed E-state index contributed by atoms with van der Waals surface area (Å²) in [6.07, 6.45) is -2.82. The molecule has 0 unspecified atom stereocenters. The number of hydrogen-bond donors (Lipinski definition) is 1. The van der Waals surface area contributed by atoms with E-state index in [1.54, 1.807) is 18.3 Å². The van der Waals surface area contributed by atoms with E-state index in [4.69, 9.17) is 0 Å². The van der Waals surface area contributed by atoms with Gasteiger partial charge in [0.25, 0.3) is 0 Å². The van der Waals surface area contributed by atoms with Crippen molar-refractivity contribution in [2.24, 2.45) is 0 Å². The van der Waals surface area contributed by atoms with Crippen molar-refractivity contribution in [1.29, 1.82) is 0 Å². The van der Waals surface area contributed by atoms with Gasteiger partial charge in [-0.05, 0) is 66.5 Å². The first-order valence-electron chi connectivity index (χ1n) is 7.46. The Kier molecular flexibility index (Phi) is 6.19. The minimum absolute atomic E-state index is 0.536. The molecule has 1 aromatic heterocycles. The van der Waals surface area contributed by atoms with Crippen molar-refractivity contribution in [3.8, 4) is 0 Å². The average molecular weight is 435 g/mol. The number of nitrogens with one attached hydrogen (secondary N) is 1. The maximum Gasteiger partial charge on any atom is 0.416 e. The summed E-state index contributed by atoms with van der Waals surface area (Å²) in [5, 5.41) is 0. The van der Waals surface area contributed by atoms with Crippen molar-refractivity contribution in [1.82, 2.24) is 9.71 Å². The molecular formula is C17H18BrF3N2OS. The first-order chi connectivity index (χ1) is 11.5. The van der Waals surface area contributed by atoms with Crippen LogP contribution >= 0.6 is 15.9 Å². The van der Waals surface area contributed by atoms with Crippen LogP contribution in [-0.4, -0.2) is 14.3 Å². The molecule has 2 aromatic rings. The molecule has 0 fully saturated rings. The smallest absolute Gasteiger partial charge is 0.416 e. The van der Waals surface area contributed by atoms with E-state index in [2.05, 4.69) is 25.6 Å². The summed E-state index contributed by atoms with van der Waals surface area (Å²) in [6.45, 7) is 5.44. The Morgan fingerprint density at radius 3 is 2.20 bits per heavy atom. The van der Waals surface area contributed by atoms with E-state index in [0.29, 0.717) is 15.7 Å². The number of hydrogen-bond acceptors (Lipinski definition) is 3. The Morgan fingerprint density at radius 1 is 1.12 bits per heavy atom. The summed E-state index contributed by atoms with van der Waals surface area (Å²) in [5.41, 5.74) is 0.372. The molecular weight excluding hydrogens is 417 g/mol. The maximum absolute atomic E-state index is 12.8. The summed E-state index contributed by atoms with van der Waals surface area (Å²) < 4.78 is 54.0. The lowest BCUT2D eigenvalue weighted by Gasteiger charge is -2.28. The SMILES string of the molecule is CC(C)(C)[S@+]([O-])N[C@@H](c1ccc(C(F)(F)F)cc1)c1ncccc1Br. The van der Waals surface area contributed by atoms with Crippen molar-refractivity contribution in [3.63, 3.8) is 0 Å². The average Bonchev–Trinajstić information content (AvgIpc) is 2.51. The molecule has 25 heavy (non-hydrogen) atoms. The molecule has 0 amide bonds. The molecule has 0 bridgehead atoms. The second-order valence-corrected chi connectivity index (χ2v) is 9.27. The number of halogens is 4. The molecule has 2 atom stereocenters. The van der Waals surface area contributed by atoms with Gasteiger partial charge in [0.2, 0.25) is 0 Å². The van der Waals surface area contributed by atoms with Gasteiger partial charge in [-0.15, -0.1) is 4.72 Å². The third-order valence-corrected chi connectivity index (χ3v) is 5.65. The van der Waals surface area contributed by atoms with Crippen LogP contribution < -0.4 is 4.72 Å². The van der Waals surface area contributed by atoms with E-state index < -0.39 is 33.9 Å². The predicted molar refractivity (Wildman–Crippen MR) is 96.3 cm³/mol. The third kappa shape index (κ3) is 5.20. The van der Waals surface area contributed by atoms with E-state index in [9.17, 15) is 17.7 Å². The lowest BCUT2D eigenvalue weighted by Crippen LogP contribution is -2.41. The van der Waals surface area contributed by atoms with E-state index in [1.165, 1.54) is 12.1 Å². The van der Waals surface area contributed by atoms with Crippen molar-refractivity contribution < 1.29 is 17.7 Å². The quantitative estimate of drug-likeness (QED) is 0.688. The van der Waals surface area contributed by atoms with Crippen LogP contribution in [0.3, 0.4) is 0 Å². The van der Waals surface area contributed by atoms with Crippen molar-refractivity contribution in [2.75, 3.05) is 0 Å². The van der Waals surface area contributed by atoms with Crippen molar-refractivity contribution in [3.05, 3.63) is 63.9 Å². The standard InChI is InChI=1S/C17H18BrF3N2OS/c1-16(2,3)25(24)23-14(15-13(18)5-4-10-22-15)11-6-8-12(9-7-11)17(19,20)21/h4-10,14,23H,1-3H3/t14-,25-/m0/s1. The van der Waals surface area contributed by atoms with Crippen LogP contribution in [0.5, 0.6) is 0 Å². The number of nitrogens with zero attached hydrogens (tertiary/aromatic N) is 1. The van der Waals surface area contributed by atoms with Crippen LogP contribution in [0.2, 0.25) is 0 Å². The molecule has 1 aromatic carbocycles. The van der Waals surface area contributed by atoms with Crippen LogP contribution in [0, 0.1) is 0 Å². The molecule has 0 aliphatic carbocycles. The Hall–Kier alpha value is -1.09. The van der Waals surface area contributed by atoms with Gasteiger partial charge in [-0.25, -0.2) is 0 Å². The highest BCUT2D eigenvalue weighted by molar-refractivity contribution is 9.10. The van der Waals surface area contributed by atoms with Crippen LogP contribution in [0.15, 0.2) is 47.1 Å². The Morgan fingerprint density at radius 2 is 1.72 bits per heavy atom. The van der Waals surface area contributed by atoms with Crippen LogP contribution in [0.1, 0.15) is 43.6 Å². The zero-order valence-corrected chi connectivity index (χ0v) is 16.3. The maximum atomic E-state index is 12.8. The molecule has 8 heteroatoms. The minimum atomic E-state index is -4.40. The zero-order valence-electron chi connectivity index (χ0n) is 13.9.